The van der Waals surface area contributed by atoms with Crippen LogP contribution in [0.4, 0.5) is 13.2 Å². The molecule has 0 aliphatic heterocycles. The zero-order valence-electron chi connectivity index (χ0n) is 9.47. The summed E-state index contributed by atoms with van der Waals surface area (Å²) in [5.41, 5.74) is 9.13. The van der Waals surface area contributed by atoms with Gasteiger partial charge in [-0.2, -0.15) is 13.2 Å². The van der Waals surface area contributed by atoms with Gasteiger partial charge in [0.2, 0.25) is 5.91 Å². The van der Waals surface area contributed by atoms with Crippen LogP contribution in [0.15, 0.2) is 0 Å². The quantitative estimate of drug-likeness (QED) is 0.753. The molecule has 0 aromatic rings. The fraction of sp³-hybridized carbons (Fsp3) is 0.889. The number of amides is 1. The van der Waals surface area contributed by atoms with Crippen LogP contribution in [0, 0.1) is 0 Å². The van der Waals surface area contributed by atoms with E-state index in [-0.39, 0.29) is 6.42 Å². The van der Waals surface area contributed by atoms with E-state index in [1.165, 1.54) is 13.8 Å². The van der Waals surface area contributed by atoms with Crippen molar-refractivity contribution < 1.29 is 22.7 Å². The summed E-state index contributed by atoms with van der Waals surface area (Å²) in [6.45, 7) is 3.67. The van der Waals surface area contributed by atoms with Crippen LogP contribution >= 0.6 is 0 Å². The normalized spacial score (nSPS) is 19.9. The average molecular weight is 242 g/mol. The van der Waals surface area contributed by atoms with Crippen molar-refractivity contribution >= 4 is 5.91 Å². The van der Waals surface area contributed by atoms with Gasteiger partial charge in [-0.25, -0.2) is 0 Å². The van der Waals surface area contributed by atoms with Gasteiger partial charge in [-0.15, -0.1) is 0 Å². The second-order valence-electron chi connectivity index (χ2n) is 4.12. The summed E-state index contributed by atoms with van der Waals surface area (Å²) < 4.78 is 41.1. The van der Waals surface area contributed by atoms with E-state index in [2.05, 4.69) is 4.74 Å². The molecule has 16 heavy (non-hydrogen) atoms. The molecule has 4 N–H and O–H groups in total. The molecule has 7 heteroatoms. The molecule has 0 saturated heterocycles. The monoisotopic (exact) mass is 242 g/mol. The van der Waals surface area contributed by atoms with Gasteiger partial charge in [0, 0.05) is 0 Å². The summed E-state index contributed by atoms with van der Waals surface area (Å²) in [4.78, 5) is 10.9. The van der Waals surface area contributed by atoms with Crippen molar-refractivity contribution in [1.82, 2.24) is 0 Å². The van der Waals surface area contributed by atoms with Gasteiger partial charge in [0.15, 0.2) is 6.10 Å². The highest BCUT2D eigenvalue weighted by Gasteiger charge is 2.39. The molecule has 0 fully saturated rings. The number of ether oxygens (including phenoxy) is 1. The second kappa shape index (κ2) is 5.01. The predicted octanol–water partition coefficient (Wildman–Crippen LogP) is 0.935. The van der Waals surface area contributed by atoms with E-state index >= 15 is 0 Å². The number of carbonyl (C=O) groups excluding carboxylic acids is 1. The zero-order valence-corrected chi connectivity index (χ0v) is 9.47. The lowest BCUT2D eigenvalue weighted by atomic mass is 9.95. The van der Waals surface area contributed by atoms with Gasteiger partial charge in [-0.05, 0) is 27.2 Å². The molecule has 0 aromatic carbocycles. The van der Waals surface area contributed by atoms with Crippen molar-refractivity contribution in [2.75, 3.05) is 0 Å². The third-order valence-corrected chi connectivity index (χ3v) is 2.17. The number of hydrogen-bond acceptors (Lipinski definition) is 3. The van der Waals surface area contributed by atoms with E-state index in [9.17, 15) is 18.0 Å². The highest BCUT2D eigenvalue weighted by Crippen LogP contribution is 2.24. The van der Waals surface area contributed by atoms with E-state index in [1.54, 1.807) is 0 Å². The van der Waals surface area contributed by atoms with E-state index in [0.29, 0.717) is 0 Å². The molecule has 0 saturated carbocycles. The van der Waals surface area contributed by atoms with Crippen molar-refractivity contribution in [2.45, 2.75) is 51.1 Å². The van der Waals surface area contributed by atoms with Crippen LogP contribution in [0.3, 0.4) is 0 Å². The molecule has 0 aliphatic carbocycles. The van der Waals surface area contributed by atoms with Crippen LogP contribution < -0.4 is 11.5 Å². The molecular formula is C9H17F3N2O2. The first-order valence-corrected chi connectivity index (χ1v) is 4.78. The maximum absolute atomic E-state index is 12.2. The molecule has 3 unspecified atom stereocenters. The van der Waals surface area contributed by atoms with Gasteiger partial charge in [0.1, 0.15) is 0 Å². The third kappa shape index (κ3) is 4.80. The fourth-order valence-electron chi connectivity index (χ4n) is 1.17. The Morgan fingerprint density at radius 2 is 1.81 bits per heavy atom. The van der Waals surface area contributed by atoms with Crippen molar-refractivity contribution in [3.05, 3.63) is 0 Å². The van der Waals surface area contributed by atoms with Gasteiger partial charge in [0.25, 0.3) is 0 Å². The van der Waals surface area contributed by atoms with Gasteiger partial charge >= 0.3 is 6.18 Å². The maximum atomic E-state index is 12.2. The van der Waals surface area contributed by atoms with Crippen LogP contribution in [0.1, 0.15) is 27.2 Å². The zero-order chi connectivity index (χ0) is 13.1. The number of hydrogen-bond donors (Lipinski definition) is 2. The minimum atomic E-state index is -4.42. The summed E-state index contributed by atoms with van der Waals surface area (Å²) in [7, 11) is 0. The lowest BCUT2D eigenvalue weighted by molar-refractivity contribution is -0.226. The Kier molecular flexibility index (Phi) is 4.75. The Morgan fingerprint density at radius 3 is 2.12 bits per heavy atom. The maximum Gasteiger partial charge on any atom is 0.414 e. The molecule has 0 aliphatic rings. The summed E-state index contributed by atoms with van der Waals surface area (Å²) in [5, 5.41) is 0. The smallest absolute Gasteiger partial charge is 0.368 e. The lowest BCUT2D eigenvalue weighted by Gasteiger charge is -2.27. The van der Waals surface area contributed by atoms with Crippen LogP contribution in [0.5, 0.6) is 0 Å². The van der Waals surface area contributed by atoms with Gasteiger partial charge in [0.05, 0.1) is 11.6 Å². The Balaban J connectivity index is 4.30. The largest absolute Gasteiger partial charge is 0.414 e. The number of alkyl halides is 3. The van der Waals surface area contributed by atoms with Gasteiger partial charge < -0.3 is 16.2 Å². The first-order chi connectivity index (χ1) is 6.97. The summed E-state index contributed by atoms with van der Waals surface area (Å²) >= 11 is 0. The Morgan fingerprint density at radius 1 is 1.38 bits per heavy atom. The Hall–Kier alpha value is -0.820. The van der Waals surface area contributed by atoms with Crippen molar-refractivity contribution in [3.8, 4) is 0 Å². The van der Waals surface area contributed by atoms with E-state index < -0.39 is 29.8 Å². The molecule has 0 aromatic heterocycles. The molecule has 0 rings (SSSR count). The standard InChI is InChI=1S/C9H17F3N2O2/c1-5(4-8(3,14)7(13)15)16-6(2)9(10,11)12/h5-6H,4,14H2,1-3H3,(H2,13,15). The van der Waals surface area contributed by atoms with Crippen molar-refractivity contribution in [1.29, 1.82) is 0 Å². The number of primary amides is 1. The highest BCUT2D eigenvalue weighted by molar-refractivity contribution is 5.83. The molecule has 96 valence electrons. The van der Waals surface area contributed by atoms with E-state index in [0.717, 1.165) is 6.92 Å². The summed E-state index contributed by atoms with van der Waals surface area (Å²) in [5.74, 6) is -0.775. The SMILES string of the molecule is CC(CC(C)(N)C(N)=O)OC(C)C(F)(F)F. The van der Waals surface area contributed by atoms with Gasteiger partial charge in [-0.1, -0.05) is 0 Å². The van der Waals surface area contributed by atoms with Crippen LogP contribution in [-0.2, 0) is 9.53 Å². The average Bonchev–Trinajstić information content (AvgIpc) is 2.00. The molecule has 4 nitrogen and oxygen atoms in total. The van der Waals surface area contributed by atoms with Crippen LogP contribution in [0.25, 0.3) is 0 Å². The predicted molar refractivity (Wildman–Crippen MR) is 52.5 cm³/mol. The third-order valence-electron chi connectivity index (χ3n) is 2.17. The molecule has 0 bridgehead atoms. The molecule has 0 radical (unpaired) electrons. The minimum Gasteiger partial charge on any atom is -0.368 e. The lowest BCUT2D eigenvalue weighted by Crippen LogP contribution is -2.51. The topological polar surface area (TPSA) is 78.3 Å². The summed E-state index contributed by atoms with van der Waals surface area (Å²) in [6.07, 6.45) is -7.19. The number of halogens is 3. The van der Waals surface area contributed by atoms with Crippen LogP contribution in [-0.4, -0.2) is 29.8 Å². The fourth-order valence-corrected chi connectivity index (χ4v) is 1.17. The molecule has 0 heterocycles. The first-order valence-electron chi connectivity index (χ1n) is 4.78. The van der Waals surface area contributed by atoms with Crippen molar-refractivity contribution in [2.24, 2.45) is 11.5 Å². The van der Waals surface area contributed by atoms with E-state index in [1.807, 2.05) is 0 Å². The van der Waals surface area contributed by atoms with Crippen LogP contribution in [0.2, 0.25) is 0 Å². The summed E-state index contributed by atoms with van der Waals surface area (Å²) in [6, 6.07) is 0. The molecular weight excluding hydrogens is 225 g/mol. The first kappa shape index (κ1) is 15.2. The van der Waals surface area contributed by atoms with Crippen molar-refractivity contribution in [3.63, 3.8) is 0 Å². The minimum absolute atomic E-state index is 0.0667. The highest BCUT2D eigenvalue weighted by atomic mass is 19.4. The van der Waals surface area contributed by atoms with E-state index in [4.69, 9.17) is 11.5 Å². The van der Waals surface area contributed by atoms with Gasteiger partial charge in [-0.3, -0.25) is 4.79 Å². The molecule has 1 amide bonds. The Bertz CT molecular complexity index is 254. The second-order valence-corrected chi connectivity index (χ2v) is 4.12. The Labute approximate surface area is 92.1 Å². The molecule has 3 atom stereocenters. The number of nitrogens with two attached hydrogens (primary N) is 2. The number of carbonyl (C=O) groups is 1. The molecule has 0 spiro atoms. The number of rotatable bonds is 5.